The van der Waals surface area contributed by atoms with E-state index in [1.165, 1.54) is 23.1 Å². The maximum Gasteiger partial charge on any atom is 0.264 e. The average molecular weight is 639 g/mol. The minimum Gasteiger partial charge on any atom is -0.352 e. The van der Waals surface area contributed by atoms with Crippen molar-refractivity contribution in [3.05, 3.63) is 92.4 Å². The standard InChI is InChI=1S/C30H34Cl3N3O4S/c1-6-21(4)34-30(38)22(5)35(17-23-10-14-26(31)28(33)15-23)29(37)18-36(24-11-9-20(3)27(32)16-24)41(39,40)25-12-7-19(2)8-13-25/h7-16,21-22H,6,17-18H2,1-5H3,(H,34,38). The van der Waals surface area contributed by atoms with E-state index in [1.54, 1.807) is 56.3 Å². The fourth-order valence-electron chi connectivity index (χ4n) is 3.99. The van der Waals surface area contributed by atoms with Crippen LogP contribution in [0.3, 0.4) is 0 Å². The molecule has 3 aromatic rings. The predicted octanol–water partition coefficient (Wildman–Crippen LogP) is 6.79. The zero-order valence-electron chi connectivity index (χ0n) is 23.6. The topological polar surface area (TPSA) is 86.8 Å². The summed E-state index contributed by atoms with van der Waals surface area (Å²) in [5.74, 6) is -0.950. The van der Waals surface area contributed by atoms with Gasteiger partial charge in [-0.1, -0.05) is 71.6 Å². The molecule has 0 bridgehead atoms. The molecule has 2 amide bonds. The summed E-state index contributed by atoms with van der Waals surface area (Å²) in [4.78, 5) is 28.5. The van der Waals surface area contributed by atoms with Crippen LogP contribution >= 0.6 is 34.8 Å². The summed E-state index contributed by atoms with van der Waals surface area (Å²) in [6, 6.07) is 15.1. The highest BCUT2D eigenvalue weighted by atomic mass is 35.5. The molecule has 0 aliphatic heterocycles. The highest BCUT2D eigenvalue weighted by molar-refractivity contribution is 7.92. The summed E-state index contributed by atoms with van der Waals surface area (Å²) in [7, 11) is -4.20. The maximum absolute atomic E-state index is 14.0. The van der Waals surface area contributed by atoms with Crippen molar-refractivity contribution >= 4 is 62.3 Å². The van der Waals surface area contributed by atoms with Crippen LogP contribution in [-0.2, 0) is 26.2 Å². The molecule has 11 heteroatoms. The van der Waals surface area contributed by atoms with Gasteiger partial charge in [-0.15, -0.1) is 0 Å². The zero-order valence-corrected chi connectivity index (χ0v) is 26.7. The normalized spacial score (nSPS) is 12.9. The van der Waals surface area contributed by atoms with Crippen molar-refractivity contribution in [3.63, 3.8) is 0 Å². The van der Waals surface area contributed by atoms with Crippen molar-refractivity contribution < 1.29 is 18.0 Å². The smallest absolute Gasteiger partial charge is 0.264 e. The van der Waals surface area contributed by atoms with Gasteiger partial charge in [-0.2, -0.15) is 0 Å². The van der Waals surface area contributed by atoms with Crippen molar-refractivity contribution in [3.8, 4) is 0 Å². The molecule has 41 heavy (non-hydrogen) atoms. The zero-order chi connectivity index (χ0) is 30.5. The van der Waals surface area contributed by atoms with E-state index in [9.17, 15) is 18.0 Å². The molecular formula is C30H34Cl3N3O4S. The van der Waals surface area contributed by atoms with Crippen molar-refractivity contribution in [2.24, 2.45) is 0 Å². The third-order valence-corrected chi connectivity index (χ3v) is 9.77. The van der Waals surface area contributed by atoms with Gasteiger partial charge in [-0.25, -0.2) is 8.42 Å². The van der Waals surface area contributed by atoms with Crippen molar-refractivity contribution in [1.82, 2.24) is 10.2 Å². The third-order valence-electron chi connectivity index (χ3n) is 6.84. The average Bonchev–Trinajstić information content (AvgIpc) is 2.93. The Balaban J connectivity index is 2.06. The van der Waals surface area contributed by atoms with E-state index in [0.29, 0.717) is 27.1 Å². The number of sulfonamides is 1. The molecule has 2 unspecified atom stereocenters. The van der Waals surface area contributed by atoms with Crippen LogP contribution < -0.4 is 9.62 Å². The molecule has 0 aromatic heterocycles. The molecule has 0 saturated heterocycles. The fourth-order valence-corrected chi connectivity index (χ4v) is 5.89. The van der Waals surface area contributed by atoms with E-state index >= 15 is 0 Å². The predicted molar refractivity (Wildman–Crippen MR) is 166 cm³/mol. The van der Waals surface area contributed by atoms with Crippen LogP contribution in [0.15, 0.2) is 65.6 Å². The second kappa shape index (κ2) is 13.9. The SMILES string of the molecule is CCC(C)NC(=O)C(C)N(Cc1ccc(Cl)c(Cl)c1)C(=O)CN(c1ccc(C)c(Cl)c1)S(=O)(=O)c1ccc(C)cc1. The number of amides is 2. The van der Waals surface area contributed by atoms with Crippen LogP contribution in [0.5, 0.6) is 0 Å². The molecule has 1 N–H and O–H groups in total. The van der Waals surface area contributed by atoms with E-state index in [-0.39, 0.29) is 29.1 Å². The van der Waals surface area contributed by atoms with Crippen molar-refractivity contribution in [2.45, 2.75) is 64.6 Å². The maximum atomic E-state index is 14.0. The molecule has 3 rings (SSSR count). The lowest BCUT2D eigenvalue weighted by Crippen LogP contribution is -2.52. The van der Waals surface area contributed by atoms with Gasteiger partial charge in [0, 0.05) is 17.6 Å². The number of rotatable bonds is 11. The second-order valence-electron chi connectivity index (χ2n) is 10.0. The Morgan fingerprint density at radius 1 is 0.878 bits per heavy atom. The number of aryl methyl sites for hydroxylation is 2. The van der Waals surface area contributed by atoms with Gasteiger partial charge >= 0.3 is 0 Å². The largest absolute Gasteiger partial charge is 0.352 e. The number of carbonyl (C=O) groups excluding carboxylic acids is 2. The van der Waals surface area contributed by atoms with Crippen LogP contribution in [0.4, 0.5) is 5.69 Å². The van der Waals surface area contributed by atoms with Gasteiger partial charge in [0.25, 0.3) is 10.0 Å². The Bertz CT molecular complexity index is 1510. The van der Waals surface area contributed by atoms with Crippen LogP contribution in [-0.4, -0.2) is 43.8 Å². The molecule has 220 valence electrons. The molecule has 0 aliphatic carbocycles. The second-order valence-corrected chi connectivity index (χ2v) is 13.1. The lowest BCUT2D eigenvalue weighted by Gasteiger charge is -2.32. The van der Waals surface area contributed by atoms with E-state index < -0.39 is 28.5 Å². The van der Waals surface area contributed by atoms with Gasteiger partial charge in [0.05, 0.1) is 20.6 Å². The Hall–Kier alpha value is -2.78. The number of nitrogens with one attached hydrogen (secondary N) is 1. The van der Waals surface area contributed by atoms with Gasteiger partial charge in [0.1, 0.15) is 12.6 Å². The van der Waals surface area contributed by atoms with Gasteiger partial charge in [0.2, 0.25) is 11.8 Å². The van der Waals surface area contributed by atoms with E-state index in [2.05, 4.69) is 5.32 Å². The van der Waals surface area contributed by atoms with Gasteiger partial charge in [-0.3, -0.25) is 13.9 Å². The number of nitrogens with zero attached hydrogens (tertiary/aromatic N) is 2. The molecule has 7 nitrogen and oxygen atoms in total. The summed E-state index contributed by atoms with van der Waals surface area (Å²) < 4.78 is 28.9. The molecule has 0 spiro atoms. The number of benzene rings is 3. The summed E-state index contributed by atoms with van der Waals surface area (Å²) in [6.07, 6.45) is 0.704. The first-order valence-electron chi connectivity index (χ1n) is 13.1. The van der Waals surface area contributed by atoms with Crippen LogP contribution in [0.2, 0.25) is 15.1 Å². The minimum atomic E-state index is -4.20. The number of anilines is 1. The van der Waals surface area contributed by atoms with Gasteiger partial charge in [0.15, 0.2) is 0 Å². The monoisotopic (exact) mass is 637 g/mol. The highest BCUT2D eigenvalue weighted by Crippen LogP contribution is 2.29. The first-order chi connectivity index (χ1) is 19.2. The van der Waals surface area contributed by atoms with Crippen LogP contribution in [0, 0.1) is 13.8 Å². The van der Waals surface area contributed by atoms with Gasteiger partial charge in [-0.05, 0) is 81.6 Å². The van der Waals surface area contributed by atoms with Gasteiger partial charge < -0.3 is 10.2 Å². The first-order valence-corrected chi connectivity index (χ1v) is 15.7. The summed E-state index contributed by atoms with van der Waals surface area (Å²) in [6.45, 7) is 8.49. The number of halogens is 3. The van der Waals surface area contributed by atoms with Crippen LogP contribution in [0.1, 0.15) is 43.9 Å². The molecule has 0 aliphatic rings. The lowest BCUT2D eigenvalue weighted by atomic mass is 10.1. The summed E-state index contributed by atoms with van der Waals surface area (Å²) >= 11 is 18.7. The molecule has 0 heterocycles. The van der Waals surface area contributed by atoms with Crippen molar-refractivity contribution in [1.29, 1.82) is 0 Å². The Labute approximate surface area is 257 Å². The first kappa shape index (κ1) is 32.7. The highest BCUT2D eigenvalue weighted by Gasteiger charge is 2.33. The lowest BCUT2D eigenvalue weighted by molar-refractivity contribution is -0.139. The molecule has 2 atom stereocenters. The third kappa shape index (κ3) is 8.16. The quantitative estimate of drug-likeness (QED) is 0.251. The number of hydrogen-bond donors (Lipinski definition) is 1. The van der Waals surface area contributed by atoms with Crippen molar-refractivity contribution in [2.75, 3.05) is 10.8 Å². The Morgan fingerprint density at radius 3 is 2.12 bits per heavy atom. The van der Waals surface area contributed by atoms with E-state index in [4.69, 9.17) is 34.8 Å². The summed E-state index contributed by atoms with van der Waals surface area (Å²) in [5, 5.41) is 3.90. The summed E-state index contributed by atoms with van der Waals surface area (Å²) in [5.41, 5.74) is 2.49. The molecule has 0 saturated carbocycles. The molecule has 0 fully saturated rings. The molecule has 0 radical (unpaired) electrons. The van der Waals surface area contributed by atoms with E-state index in [1.807, 2.05) is 20.8 Å². The Morgan fingerprint density at radius 2 is 1.54 bits per heavy atom. The number of hydrogen-bond acceptors (Lipinski definition) is 4. The Kier molecular flexibility index (Phi) is 11.1. The number of carbonyl (C=O) groups is 2. The molecular weight excluding hydrogens is 605 g/mol. The molecule has 3 aromatic carbocycles. The minimum absolute atomic E-state index is 0.00210. The van der Waals surface area contributed by atoms with E-state index in [0.717, 1.165) is 15.4 Å². The fraction of sp³-hybridized carbons (Fsp3) is 0.333. The van der Waals surface area contributed by atoms with Crippen LogP contribution in [0.25, 0.3) is 0 Å².